The van der Waals surface area contributed by atoms with Gasteiger partial charge in [0.2, 0.25) is 6.79 Å². The normalized spacial score (nSPS) is 17.7. The van der Waals surface area contributed by atoms with Gasteiger partial charge in [-0.2, -0.15) is 0 Å². The van der Waals surface area contributed by atoms with Crippen LogP contribution in [0.5, 0.6) is 17.2 Å². The highest BCUT2D eigenvalue weighted by Crippen LogP contribution is 2.42. The van der Waals surface area contributed by atoms with Crippen molar-refractivity contribution in [3.8, 4) is 17.2 Å². The number of benzene rings is 3. The van der Waals surface area contributed by atoms with Crippen molar-refractivity contribution in [1.29, 1.82) is 0 Å². The molecule has 3 aromatic carbocycles. The van der Waals surface area contributed by atoms with Crippen LogP contribution in [0.4, 0.5) is 0 Å². The van der Waals surface area contributed by atoms with Crippen molar-refractivity contribution < 1.29 is 19.3 Å². The van der Waals surface area contributed by atoms with Gasteiger partial charge in [-0.15, -0.1) is 0 Å². The van der Waals surface area contributed by atoms with Gasteiger partial charge >= 0.3 is 0 Å². The molecular weight excluding hydrogens is 512 g/mol. The number of rotatable bonds is 14. The first-order valence-corrected chi connectivity index (χ1v) is 15.4. The highest BCUT2D eigenvalue weighted by Gasteiger charge is 2.40. The molecule has 2 unspecified atom stereocenters. The van der Waals surface area contributed by atoms with Gasteiger partial charge in [0.05, 0.1) is 12.2 Å². The van der Waals surface area contributed by atoms with Gasteiger partial charge < -0.3 is 24.2 Å². The summed E-state index contributed by atoms with van der Waals surface area (Å²) in [6.07, 6.45) is 4.89. The van der Waals surface area contributed by atoms with Gasteiger partial charge in [0.15, 0.2) is 11.5 Å². The van der Waals surface area contributed by atoms with Crippen LogP contribution >= 0.6 is 0 Å². The quantitative estimate of drug-likeness (QED) is 0.226. The van der Waals surface area contributed by atoms with Gasteiger partial charge in [0, 0.05) is 45.2 Å². The van der Waals surface area contributed by atoms with Crippen LogP contribution in [0.1, 0.15) is 68.6 Å². The molecule has 6 heteroatoms. The van der Waals surface area contributed by atoms with Crippen molar-refractivity contribution in [3.05, 3.63) is 89.5 Å². The van der Waals surface area contributed by atoms with Gasteiger partial charge in [-0.3, -0.25) is 4.90 Å². The van der Waals surface area contributed by atoms with E-state index in [1.54, 1.807) is 0 Å². The number of fused-ring (bicyclic) bond motifs is 1. The molecule has 6 nitrogen and oxygen atoms in total. The average Bonchev–Trinajstić information content (AvgIpc) is 3.48. The maximum absolute atomic E-state index is 12.6. The lowest BCUT2D eigenvalue weighted by atomic mass is 9.74. The molecule has 0 aromatic heterocycles. The van der Waals surface area contributed by atoms with E-state index in [2.05, 4.69) is 78.2 Å². The minimum Gasteiger partial charge on any atom is -0.494 e. The molecule has 0 bridgehead atoms. The highest BCUT2D eigenvalue weighted by molar-refractivity contribution is 5.44. The molecule has 0 spiro atoms. The summed E-state index contributed by atoms with van der Waals surface area (Å²) in [5.74, 6) is 2.51. The Morgan fingerprint density at radius 1 is 0.829 bits per heavy atom. The summed E-state index contributed by atoms with van der Waals surface area (Å²) in [6.45, 7) is 11.1. The van der Waals surface area contributed by atoms with Gasteiger partial charge in [-0.05, 0) is 53.8 Å². The van der Waals surface area contributed by atoms with Crippen molar-refractivity contribution in [2.75, 3.05) is 46.1 Å². The Labute approximate surface area is 245 Å². The van der Waals surface area contributed by atoms with E-state index < -0.39 is 5.60 Å². The van der Waals surface area contributed by atoms with Gasteiger partial charge in [-0.25, -0.2) is 0 Å². The Kier molecular flexibility index (Phi) is 10.2. The van der Waals surface area contributed by atoms with Crippen molar-refractivity contribution in [3.63, 3.8) is 0 Å². The van der Waals surface area contributed by atoms with E-state index in [4.69, 9.17) is 14.2 Å². The molecule has 1 N–H and O–H groups in total. The first kappa shape index (κ1) is 29.4. The summed E-state index contributed by atoms with van der Waals surface area (Å²) in [4.78, 5) is 5.04. The largest absolute Gasteiger partial charge is 0.494 e. The predicted molar refractivity (Wildman–Crippen MR) is 164 cm³/mol. The molecule has 5 rings (SSSR count). The van der Waals surface area contributed by atoms with E-state index in [1.807, 2.05) is 18.2 Å². The third-order valence-corrected chi connectivity index (χ3v) is 8.56. The standard InChI is InChI=1S/C35H46N2O4/c1-3-5-18-35(38,30-13-15-31(16-14-30)39-23-6-4-2)32(29-10-8-7-9-11-29)26-37-21-19-36(20-22-37)25-28-12-17-33-34(24-28)41-27-40-33/h7-17,24,32,38H,3-6,18-23,25-27H2,1-2H3. The third-order valence-electron chi connectivity index (χ3n) is 8.56. The van der Waals surface area contributed by atoms with Crippen molar-refractivity contribution >= 4 is 0 Å². The van der Waals surface area contributed by atoms with Crippen LogP contribution in [-0.2, 0) is 12.1 Å². The van der Waals surface area contributed by atoms with Crippen molar-refractivity contribution in [1.82, 2.24) is 9.80 Å². The third kappa shape index (κ3) is 7.42. The zero-order valence-electron chi connectivity index (χ0n) is 24.8. The van der Waals surface area contributed by atoms with Crippen LogP contribution in [0.25, 0.3) is 0 Å². The SMILES string of the molecule is CCCCOc1ccc(C(O)(CCCC)C(CN2CCN(Cc3ccc4c(c3)OCO4)CC2)c2ccccc2)cc1. The lowest BCUT2D eigenvalue weighted by Gasteiger charge is -2.42. The monoisotopic (exact) mass is 558 g/mol. The zero-order valence-corrected chi connectivity index (χ0v) is 24.8. The smallest absolute Gasteiger partial charge is 0.231 e. The van der Waals surface area contributed by atoms with Crippen LogP contribution in [-0.4, -0.2) is 61.0 Å². The fraction of sp³-hybridized carbons (Fsp3) is 0.486. The summed E-state index contributed by atoms with van der Waals surface area (Å²) in [7, 11) is 0. The van der Waals surface area contributed by atoms with E-state index in [0.717, 1.165) is 101 Å². The second-order valence-electron chi connectivity index (χ2n) is 11.5. The Morgan fingerprint density at radius 2 is 1.54 bits per heavy atom. The molecule has 2 atom stereocenters. The molecule has 41 heavy (non-hydrogen) atoms. The van der Waals surface area contributed by atoms with Crippen molar-refractivity contribution in [2.24, 2.45) is 0 Å². The minimum absolute atomic E-state index is 0.0393. The number of piperazine rings is 1. The molecule has 3 aromatic rings. The molecule has 1 saturated heterocycles. The van der Waals surface area contributed by atoms with Crippen molar-refractivity contribution in [2.45, 2.75) is 64.0 Å². The number of aliphatic hydroxyl groups is 1. The fourth-order valence-corrected chi connectivity index (χ4v) is 6.04. The average molecular weight is 559 g/mol. The number of unbranched alkanes of at least 4 members (excludes halogenated alkanes) is 2. The van der Waals surface area contributed by atoms with Gasteiger partial charge in [-0.1, -0.05) is 81.6 Å². The van der Waals surface area contributed by atoms with Gasteiger partial charge in [0.1, 0.15) is 5.75 Å². The molecule has 0 amide bonds. The van der Waals surface area contributed by atoms with Crippen LogP contribution in [0.15, 0.2) is 72.8 Å². The van der Waals surface area contributed by atoms with E-state index in [0.29, 0.717) is 6.79 Å². The summed E-state index contributed by atoms with van der Waals surface area (Å²) in [5.41, 5.74) is 2.45. The molecule has 1 fully saturated rings. The number of ether oxygens (including phenoxy) is 3. The van der Waals surface area contributed by atoms with Crippen LogP contribution in [0.3, 0.4) is 0 Å². The van der Waals surface area contributed by atoms with E-state index in [1.165, 1.54) is 11.1 Å². The molecular formula is C35H46N2O4. The number of nitrogens with zero attached hydrogens (tertiary/aromatic N) is 2. The second kappa shape index (κ2) is 14.2. The Morgan fingerprint density at radius 3 is 2.27 bits per heavy atom. The van der Waals surface area contributed by atoms with Crippen LogP contribution in [0.2, 0.25) is 0 Å². The van der Waals surface area contributed by atoms with E-state index in [-0.39, 0.29) is 5.92 Å². The maximum Gasteiger partial charge on any atom is 0.231 e. The number of hydrogen-bond donors (Lipinski definition) is 1. The predicted octanol–water partition coefficient (Wildman–Crippen LogP) is 6.57. The van der Waals surface area contributed by atoms with E-state index in [9.17, 15) is 5.11 Å². The van der Waals surface area contributed by atoms with Crippen LogP contribution < -0.4 is 14.2 Å². The molecule has 2 aliphatic rings. The molecule has 0 radical (unpaired) electrons. The Balaban J connectivity index is 1.30. The van der Waals surface area contributed by atoms with E-state index >= 15 is 0 Å². The first-order valence-electron chi connectivity index (χ1n) is 15.4. The topological polar surface area (TPSA) is 54.4 Å². The first-order chi connectivity index (χ1) is 20.1. The molecule has 2 aliphatic heterocycles. The maximum atomic E-state index is 12.6. The number of hydrogen-bond acceptors (Lipinski definition) is 6. The van der Waals surface area contributed by atoms with Crippen LogP contribution in [0, 0.1) is 0 Å². The summed E-state index contributed by atoms with van der Waals surface area (Å²) in [5, 5.41) is 12.6. The molecule has 2 heterocycles. The summed E-state index contributed by atoms with van der Waals surface area (Å²) < 4.78 is 17.0. The Hall–Kier alpha value is -3.06. The lowest BCUT2D eigenvalue weighted by molar-refractivity contribution is -0.0195. The lowest BCUT2D eigenvalue weighted by Crippen LogP contribution is -2.49. The Bertz CT molecular complexity index is 1210. The molecule has 0 aliphatic carbocycles. The summed E-state index contributed by atoms with van der Waals surface area (Å²) in [6, 6.07) is 25.1. The zero-order chi connectivity index (χ0) is 28.5. The fourth-order valence-electron chi connectivity index (χ4n) is 6.04. The highest BCUT2D eigenvalue weighted by atomic mass is 16.7. The minimum atomic E-state index is -0.969. The van der Waals surface area contributed by atoms with Gasteiger partial charge in [0.25, 0.3) is 0 Å². The molecule has 0 saturated carbocycles. The second-order valence-corrected chi connectivity index (χ2v) is 11.5. The molecule has 220 valence electrons. The summed E-state index contributed by atoms with van der Waals surface area (Å²) >= 11 is 0.